The van der Waals surface area contributed by atoms with Crippen molar-refractivity contribution in [3.05, 3.63) is 87.1 Å². The largest absolute Gasteiger partial charge is 0.489 e. The molecule has 0 saturated heterocycles. The van der Waals surface area contributed by atoms with Crippen LogP contribution >= 0.6 is 11.3 Å². The maximum Gasteiger partial charge on any atom is 0.361 e. The molecule has 154 valence electrons. The van der Waals surface area contributed by atoms with E-state index in [9.17, 15) is 4.79 Å². The van der Waals surface area contributed by atoms with Crippen LogP contribution in [0.25, 0.3) is 0 Å². The molecular formula is C24H23NO4S. The number of fused-ring (bicyclic) bond motifs is 1. The Morgan fingerprint density at radius 2 is 1.90 bits per heavy atom. The predicted molar refractivity (Wildman–Crippen MR) is 117 cm³/mol. The van der Waals surface area contributed by atoms with Gasteiger partial charge in [-0.1, -0.05) is 41.6 Å². The third-order valence-electron chi connectivity index (χ3n) is 5.33. The SMILES string of the molecule is CO/N=C(/C(=O)OC)c1sccc1COc1ccc(C2CCc3ccccc32)cc1. The molecule has 0 radical (unpaired) electrons. The van der Waals surface area contributed by atoms with Crippen molar-refractivity contribution in [1.82, 2.24) is 0 Å². The number of carbonyl (C=O) groups is 1. The van der Waals surface area contributed by atoms with E-state index < -0.39 is 5.97 Å². The van der Waals surface area contributed by atoms with E-state index >= 15 is 0 Å². The number of carbonyl (C=O) groups excluding carboxylic acids is 1. The number of hydrogen-bond donors (Lipinski definition) is 0. The van der Waals surface area contributed by atoms with Crippen LogP contribution in [0.3, 0.4) is 0 Å². The molecule has 3 aromatic rings. The normalized spacial score (nSPS) is 15.5. The number of ether oxygens (including phenoxy) is 2. The number of esters is 1. The number of methoxy groups -OCH3 is 1. The second kappa shape index (κ2) is 9.13. The maximum absolute atomic E-state index is 12.0. The zero-order valence-electron chi connectivity index (χ0n) is 17.0. The minimum absolute atomic E-state index is 0.142. The number of aryl methyl sites for hydroxylation is 1. The molecule has 0 saturated carbocycles. The van der Waals surface area contributed by atoms with E-state index in [-0.39, 0.29) is 5.71 Å². The van der Waals surface area contributed by atoms with Gasteiger partial charge in [0.15, 0.2) is 0 Å². The van der Waals surface area contributed by atoms with E-state index in [1.807, 2.05) is 23.6 Å². The highest BCUT2D eigenvalue weighted by Gasteiger charge is 2.23. The fourth-order valence-electron chi connectivity index (χ4n) is 3.88. The van der Waals surface area contributed by atoms with E-state index in [1.165, 1.54) is 42.2 Å². The maximum atomic E-state index is 12.0. The van der Waals surface area contributed by atoms with Crippen LogP contribution in [0.5, 0.6) is 5.75 Å². The van der Waals surface area contributed by atoms with Gasteiger partial charge in [-0.25, -0.2) is 4.79 Å². The summed E-state index contributed by atoms with van der Waals surface area (Å²) in [6, 6.07) is 18.9. The summed E-state index contributed by atoms with van der Waals surface area (Å²) in [6.07, 6.45) is 2.28. The van der Waals surface area contributed by atoms with Gasteiger partial charge in [-0.2, -0.15) is 0 Å². The Bertz CT molecular complexity index is 1060. The number of hydrogen-bond acceptors (Lipinski definition) is 6. The first kappa shape index (κ1) is 20.2. The Balaban J connectivity index is 1.46. The van der Waals surface area contributed by atoms with Crippen molar-refractivity contribution in [2.45, 2.75) is 25.4 Å². The average Bonchev–Trinajstić information content (AvgIpc) is 3.43. The lowest BCUT2D eigenvalue weighted by Crippen LogP contribution is -2.18. The van der Waals surface area contributed by atoms with E-state index in [2.05, 4.69) is 41.6 Å². The molecule has 0 fully saturated rings. The van der Waals surface area contributed by atoms with Crippen LogP contribution in [0.2, 0.25) is 0 Å². The topological polar surface area (TPSA) is 57.1 Å². The second-order valence-electron chi connectivity index (χ2n) is 7.04. The van der Waals surface area contributed by atoms with Crippen molar-refractivity contribution in [1.29, 1.82) is 0 Å². The van der Waals surface area contributed by atoms with Crippen molar-refractivity contribution < 1.29 is 19.1 Å². The minimum Gasteiger partial charge on any atom is -0.489 e. The standard InChI is InChI=1S/C24H23NO4S/c1-27-24(26)22(25-28-2)23-18(13-14-30-23)15-29-19-10-7-17(8-11-19)21-12-9-16-5-3-4-6-20(16)21/h3-8,10-11,13-14,21H,9,12,15H2,1-2H3/b25-22+. The molecule has 0 N–H and O–H groups in total. The lowest BCUT2D eigenvalue weighted by molar-refractivity contribution is -0.132. The molecule has 1 unspecified atom stereocenters. The van der Waals surface area contributed by atoms with Crippen molar-refractivity contribution in [3.63, 3.8) is 0 Å². The Kier molecular flexibility index (Phi) is 6.14. The van der Waals surface area contributed by atoms with Crippen LogP contribution < -0.4 is 4.74 Å². The summed E-state index contributed by atoms with van der Waals surface area (Å²) in [5.74, 6) is 0.693. The van der Waals surface area contributed by atoms with E-state index in [4.69, 9.17) is 14.3 Å². The van der Waals surface area contributed by atoms with Crippen LogP contribution in [0.1, 0.15) is 39.5 Å². The summed E-state index contributed by atoms with van der Waals surface area (Å²) in [7, 11) is 2.72. The van der Waals surface area contributed by atoms with Crippen molar-refractivity contribution in [2.24, 2.45) is 5.16 Å². The van der Waals surface area contributed by atoms with Gasteiger partial charge in [-0.05, 0) is 53.1 Å². The zero-order valence-corrected chi connectivity index (χ0v) is 17.8. The summed E-state index contributed by atoms with van der Waals surface area (Å²) in [4.78, 5) is 17.5. The van der Waals surface area contributed by atoms with Gasteiger partial charge in [0.2, 0.25) is 5.71 Å². The van der Waals surface area contributed by atoms with Crippen LogP contribution in [-0.2, 0) is 27.4 Å². The molecule has 2 aromatic carbocycles. The highest BCUT2D eigenvalue weighted by molar-refractivity contribution is 7.13. The van der Waals surface area contributed by atoms with Gasteiger partial charge in [0.25, 0.3) is 0 Å². The van der Waals surface area contributed by atoms with Crippen LogP contribution in [0.4, 0.5) is 0 Å². The molecule has 1 atom stereocenters. The number of nitrogens with zero attached hydrogens (tertiary/aromatic N) is 1. The Hall–Kier alpha value is -3.12. The fourth-order valence-corrected chi connectivity index (χ4v) is 4.76. The molecule has 1 aromatic heterocycles. The lowest BCUT2D eigenvalue weighted by Gasteiger charge is -2.13. The molecule has 1 aliphatic rings. The first-order valence-electron chi connectivity index (χ1n) is 9.78. The Morgan fingerprint density at radius 1 is 1.10 bits per heavy atom. The third-order valence-corrected chi connectivity index (χ3v) is 6.30. The molecule has 0 aliphatic heterocycles. The molecule has 0 amide bonds. The van der Waals surface area contributed by atoms with Crippen molar-refractivity contribution in [2.75, 3.05) is 14.2 Å². The quantitative estimate of drug-likeness (QED) is 0.308. The highest BCUT2D eigenvalue weighted by Crippen LogP contribution is 2.38. The highest BCUT2D eigenvalue weighted by atomic mass is 32.1. The molecule has 6 heteroatoms. The number of benzene rings is 2. The van der Waals surface area contributed by atoms with Crippen LogP contribution in [-0.4, -0.2) is 25.9 Å². The summed E-state index contributed by atoms with van der Waals surface area (Å²) in [5.41, 5.74) is 5.19. The van der Waals surface area contributed by atoms with Gasteiger partial charge in [-0.3, -0.25) is 0 Å². The van der Waals surface area contributed by atoms with Crippen molar-refractivity contribution in [3.8, 4) is 5.75 Å². The number of oxime groups is 1. The first-order chi connectivity index (χ1) is 14.7. The summed E-state index contributed by atoms with van der Waals surface area (Å²) >= 11 is 1.40. The molecular weight excluding hydrogens is 398 g/mol. The Morgan fingerprint density at radius 3 is 2.67 bits per heavy atom. The predicted octanol–water partition coefficient (Wildman–Crippen LogP) is 4.93. The smallest absolute Gasteiger partial charge is 0.361 e. The molecule has 0 spiro atoms. The monoisotopic (exact) mass is 421 g/mol. The fraction of sp³-hybridized carbons (Fsp3) is 0.250. The van der Waals surface area contributed by atoms with E-state index in [1.54, 1.807) is 0 Å². The summed E-state index contributed by atoms with van der Waals surface area (Å²) in [6.45, 7) is 0.324. The second-order valence-corrected chi connectivity index (χ2v) is 7.95. The average molecular weight is 422 g/mol. The van der Waals surface area contributed by atoms with Gasteiger partial charge >= 0.3 is 5.97 Å². The molecule has 5 nitrogen and oxygen atoms in total. The Labute approximate surface area is 179 Å². The van der Waals surface area contributed by atoms with Gasteiger partial charge < -0.3 is 14.3 Å². The van der Waals surface area contributed by atoms with Gasteiger partial charge in [0.05, 0.1) is 12.0 Å². The summed E-state index contributed by atoms with van der Waals surface area (Å²) < 4.78 is 10.8. The van der Waals surface area contributed by atoms with Crippen LogP contribution in [0, 0.1) is 0 Å². The summed E-state index contributed by atoms with van der Waals surface area (Å²) in [5, 5.41) is 5.72. The molecule has 0 bridgehead atoms. The third kappa shape index (κ3) is 4.09. The lowest BCUT2D eigenvalue weighted by atomic mass is 9.93. The van der Waals surface area contributed by atoms with Crippen LogP contribution in [0.15, 0.2) is 65.1 Å². The van der Waals surface area contributed by atoms with E-state index in [0.717, 1.165) is 24.2 Å². The molecule has 1 heterocycles. The van der Waals surface area contributed by atoms with Gasteiger partial charge in [0.1, 0.15) is 19.5 Å². The van der Waals surface area contributed by atoms with Gasteiger partial charge in [-0.15, -0.1) is 11.3 Å². The minimum atomic E-state index is -0.540. The number of rotatable bonds is 7. The van der Waals surface area contributed by atoms with Gasteiger partial charge in [0, 0.05) is 11.5 Å². The number of thiophene rings is 1. The zero-order chi connectivity index (χ0) is 20.9. The first-order valence-corrected chi connectivity index (χ1v) is 10.7. The molecule has 4 rings (SSSR count). The molecule has 30 heavy (non-hydrogen) atoms. The van der Waals surface area contributed by atoms with E-state index in [0.29, 0.717) is 17.4 Å². The molecule has 1 aliphatic carbocycles. The van der Waals surface area contributed by atoms with Crippen molar-refractivity contribution >= 4 is 23.0 Å².